The number of hydrogen-bond acceptors (Lipinski definition) is 4. The van der Waals surface area contributed by atoms with Gasteiger partial charge in [-0.3, -0.25) is 14.5 Å². The van der Waals surface area contributed by atoms with E-state index < -0.39 is 0 Å². The molecular weight excluding hydrogens is 371 g/mol. The van der Waals surface area contributed by atoms with Crippen LogP contribution in [0.2, 0.25) is 0 Å². The molecule has 152 valence electrons. The zero-order valence-electron chi connectivity index (χ0n) is 16.8. The third kappa shape index (κ3) is 3.99. The van der Waals surface area contributed by atoms with Crippen LogP contribution >= 0.6 is 0 Å². The Morgan fingerprint density at radius 2 is 1.97 bits per heavy atom. The van der Waals surface area contributed by atoms with Gasteiger partial charge in [0.25, 0.3) is 0 Å². The van der Waals surface area contributed by atoms with Gasteiger partial charge in [0.15, 0.2) is 0 Å². The summed E-state index contributed by atoms with van der Waals surface area (Å²) in [7, 11) is 0. The molecular formula is C22H25FN4O2. The lowest BCUT2D eigenvalue weighted by Crippen LogP contribution is -2.39. The van der Waals surface area contributed by atoms with Crippen LogP contribution in [0.15, 0.2) is 24.3 Å². The molecule has 0 saturated carbocycles. The molecule has 0 radical (unpaired) electrons. The number of rotatable bonds is 3. The standard InChI is InChI=1S/C22H25FN4O2/c1-14-19-9-10-20(29)27(12-16-5-7-18(23)8-6-16)22(19)25-21(24-14)17-4-3-11-26(13-17)15(2)28/h5-8,17H,3-4,9-13H2,1-2H3. The van der Waals surface area contributed by atoms with Crippen LogP contribution in [0.25, 0.3) is 0 Å². The first-order valence-electron chi connectivity index (χ1n) is 10.1. The van der Waals surface area contributed by atoms with E-state index in [1.54, 1.807) is 24.0 Å². The van der Waals surface area contributed by atoms with Crippen LogP contribution in [0.3, 0.4) is 0 Å². The van der Waals surface area contributed by atoms with Gasteiger partial charge in [0, 0.05) is 43.6 Å². The molecule has 1 aromatic carbocycles. The van der Waals surface area contributed by atoms with Crippen molar-refractivity contribution in [1.82, 2.24) is 14.9 Å². The number of carbonyl (C=O) groups excluding carboxylic acids is 2. The Balaban J connectivity index is 1.67. The number of likely N-dealkylation sites (tertiary alicyclic amines) is 1. The van der Waals surface area contributed by atoms with Crippen molar-refractivity contribution in [3.05, 3.63) is 52.7 Å². The molecule has 1 unspecified atom stereocenters. The van der Waals surface area contributed by atoms with E-state index in [-0.39, 0.29) is 23.5 Å². The molecule has 2 aliphatic heterocycles. The van der Waals surface area contributed by atoms with Crippen molar-refractivity contribution in [3.8, 4) is 0 Å². The van der Waals surface area contributed by atoms with Crippen LogP contribution in [-0.2, 0) is 22.6 Å². The summed E-state index contributed by atoms with van der Waals surface area (Å²) in [6.45, 7) is 5.28. The van der Waals surface area contributed by atoms with Gasteiger partial charge in [0.05, 0.1) is 6.54 Å². The van der Waals surface area contributed by atoms with Gasteiger partial charge in [-0.05, 0) is 43.9 Å². The van der Waals surface area contributed by atoms with Gasteiger partial charge < -0.3 is 4.90 Å². The Morgan fingerprint density at radius 1 is 1.21 bits per heavy atom. The maximum atomic E-state index is 13.3. The summed E-state index contributed by atoms with van der Waals surface area (Å²) in [6, 6.07) is 6.19. The Labute approximate surface area is 169 Å². The maximum absolute atomic E-state index is 13.3. The highest BCUT2D eigenvalue weighted by Crippen LogP contribution is 2.33. The molecule has 0 spiro atoms. The third-order valence-corrected chi connectivity index (χ3v) is 5.84. The lowest BCUT2D eigenvalue weighted by molar-refractivity contribution is -0.130. The molecule has 2 aromatic rings. The molecule has 3 heterocycles. The maximum Gasteiger partial charge on any atom is 0.228 e. The second kappa shape index (κ2) is 7.89. The first-order valence-corrected chi connectivity index (χ1v) is 10.1. The molecule has 2 aliphatic rings. The van der Waals surface area contributed by atoms with Crippen molar-refractivity contribution in [3.63, 3.8) is 0 Å². The average Bonchev–Trinajstić information content (AvgIpc) is 2.71. The molecule has 2 amide bonds. The van der Waals surface area contributed by atoms with Gasteiger partial charge in [-0.25, -0.2) is 14.4 Å². The molecule has 1 atom stereocenters. The van der Waals surface area contributed by atoms with Crippen molar-refractivity contribution < 1.29 is 14.0 Å². The van der Waals surface area contributed by atoms with E-state index in [2.05, 4.69) is 0 Å². The van der Waals surface area contributed by atoms with Crippen molar-refractivity contribution >= 4 is 17.6 Å². The molecule has 7 heteroatoms. The first-order chi connectivity index (χ1) is 13.9. The monoisotopic (exact) mass is 396 g/mol. The van der Waals surface area contributed by atoms with E-state index in [0.717, 1.165) is 36.2 Å². The number of nitrogens with zero attached hydrogens (tertiary/aromatic N) is 4. The number of piperidine rings is 1. The Morgan fingerprint density at radius 3 is 2.69 bits per heavy atom. The minimum atomic E-state index is -0.299. The zero-order valence-corrected chi connectivity index (χ0v) is 16.8. The predicted octanol–water partition coefficient (Wildman–Crippen LogP) is 3.13. The van der Waals surface area contributed by atoms with Gasteiger partial charge in [0.2, 0.25) is 11.8 Å². The van der Waals surface area contributed by atoms with Gasteiger partial charge in [-0.2, -0.15) is 0 Å². The number of amides is 2. The second-order valence-electron chi connectivity index (χ2n) is 7.88. The predicted molar refractivity (Wildman–Crippen MR) is 107 cm³/mol. The number of benzene rings is 1. The normalized spacial score (nSPS) is 19.3. The fraction of sp³-hybridized carbons (Fsp3) is 0.455. The van der Waals surface area contributed by atoms with E-state index in [1.165, 1.54) is 12.1 Å². The number of fused-ring (bicyclic) bond motifs is 1. The first kappa shape index (κ1) is 19.5. The van der Waals surface area contributed by atoms with Crippen LogP contribution in [0.5, 0.6) is 0 Å². The van der Waals surface area contributed by atoms with E-state index in [1.807, 2.05) is 11.8 Å². The number of aryl methyl sites for hydroxylation is 1. The highest BCUT2D eigenvalue weighted by atomic mass is 19.1. The number of anilines is 1. The lowest BCUT2D eigenvalue weighted by atomic mass is 9.96. The number of aromatic nitrogens is 2. The summed E-state index contributed by atoms with van der Waals surface area (Å²) in [4.78, 5) is 37.6. The number of hydrogen-bond donors (Lipinski definition) is 0. The van der Waals surface area contributed by atoms with E-state index in [0.29, 0.717) is 37.6 Å². The molecule has 6 nitrogen and oxygen atoms in total. The molecule has 4 rings (SSSR count). The van der Waals surface area contributed by atoms with E-state index in [4.69, 9.17) is 9.97 Å². The second-order valence-corrected chi connectivity index (χ2v) is 7.88. The van der Waals surface area contributed by atoms with Gasteiger partial charge >= 0.3 is 0 Å². The Kier molecular flexibility index (Phi) is 5.30. The van der Waals surface area contributed by atoms with Crippen molar-refractivity contribution in [1.29, 1.82) is 0 Å². The minimum Gasteiger partial charge on any atom is -0.342 e. The topological polar surface area (TPSA) is 66.4 Å². The van der Waals surface area contributed by atoms with Gasteiger partial charge in [0.1, 0.15) is 17.5 Å². The van der Waals surface area contributed by atoms with Crippen LogP contribution in [0.4, 0.5) is 10.2 Å². The fourth-order valence-electron chi connectivity index (χ4n) is 4.19. The lowest BCUT2D eigenvalue weighted by Gasteiger charge is -2.33. The molecule has 1 aromatic heterocycles. The molecule has 0 bridgehead atoms. The Bertz CT molecular complexity index is 945. The van der Waals surface area contributed by atoms with Crippen molar-refractivity contribution in [2.24, 2.45) is 0 Å². The summed E-state index contributed by atoms with van der Waals surface area (Å²) < 4.78 is 13.3. The van der Waals surface area contributed by atoms with Crippen molar-refractivity contribution in [2.75, 3.05) is 18.0 Å². The van der Waals surface area contributed by atoms with Crippen LogP contribution in [0, 0.1) is 12.7 Å². The fourth-order valence-corrected chi connectivity index (χ4v) is 4.19. The summed E-state index contributed by atoms with van der Waals surface area (Å²) in [5.41, 5.74) is 2.74. The zero-order chi connectivity index (χ0) is 20.5. The van der Waals surface area contributed by atoms with Crippen LogP contribution in [0.1, 0.15) is 54.7 Å². The third-order valence-electron chi connectivity index (χ3n) is 5.84. The van der Waals surface area contributed by atoms with E-state index >= 15 is 0 Å². The minimum absolute atomic E-state index is 0.0138. The molecule has 0 N–H and O–H groups in total. The summed E-state index contributed by atoms with van der Waals surface area (Å²) >= 11 is 0. The van der Waals surface area contributed by atoms with Crippen LogP contribution in [-0.4, -0.2) is 39.8 Å². The molecule has 1 fully saturated rings. The van der Waals surface area contributed by atoms with Crippen LogP contribution < -0.4 is 4.90 Å². The van der Waals surface area contributed by atoms with Gasteiger partial charge in [-0.15, -0.1) is 0 Å². The quantitative estimate of drug-likeness (QED) is 0.800. The SMILES string of the molecule is CC(=O)N1CCCC(c2nc(C)c3c(n2)N(Cc2ccc(F)cc2)C(=O)CC3)C1. The summed E-state index contributed by atoms with van der Waals surface area (Å²) in [6.07, 6.45) is 2.89. The molecule has 1 saturated heterocycles. The molecule has 0 aliphatic carbocycles. The number of halogens is 1. The van der Waals surface area contributed by atoms with Gasteiger partial charge in [-0.1, -0.05) is 12.1 Å². The average molecular weight is 396 g/mol. The largest absolute Gasteiger partial charge is 0.342 e. The summed E-state index contributed by atoms with van der Waals surface area (Å²) in [5, 5.41) is 0. The highest BCUT2D eigenvalue weighted by molar-refractivity contribution is 5.95. The smallest absolute Gasteiger partial charge is 0.228 e. The Hall–Kier alpha value is -2.83. The molecule has 29 heavy (non-hydrogen) atoms. The highest BCUT2D eigenvalue weighted by Gasteiger charge is 2.31. The number of carbonyl (C=O) groups is 2. The summed E-state index contributed by atoms with van der Waals surface area (Å²) in [5.74, 6) is 1.21. The van der Waals surface area contributed by atoms with E-state index in [9.17, 15) is 14.0 Å². The van der Waals surface area contributed by atoms with Crippen molar-refractivity contribution in [2.45, 2.75) is 52.0 Å².